The Labute approximate surface area is 147 Å². The minimum atomic E-state index is 0.262. The van der Waals surface area contributed by atoms with Crippen molar-refractivity contribution in [2.75, 3.05) is 0 Å². The molecule has 20 heavy (non-hydrogen) atoms. The van der Waals surface area contributed by atoms with Crippen LogP contribution in [0.15, 0.2) is 43.9 Å². The molecule has 0 atom stereocenters. The second kappa shape index (κ2) is 6.98. The summed E-state index contributed by atoms with van der Waals surface area (Å²) < 4.78 is 8.48. The molecule has 0 fully saturated rings. The summed E-state index contributed by atoms with van der Waals surface area (Å²) in [5, 5.41) is 0. The molecule has 2 aromatic rings. The minimum absolute atomic E-state index is 0.262. The molecule has 0 bridgehead atoms. The number of nitrogens with two attached hydrogens (primary N) is 1. The topological polar surface area (TPSA) is 48.1 Å². The van der Waals surface area contributed by atoms with Crippen molar-refractivity contribution in [3.63, 3.8) is 0 Å². The average Bonchev–Trinajstić information content (AvgIpc) is 2.37. The quantitative estimate of drug-likeness (QED) is 0.651. The van der Waals surface area contributed by atoms with Crippen molar-refractivity contribution < 1.29 is 4.74 Å². The number of aromatic nitrogens is 1. The first-order valence-corrected chi connectivity index (χ1v) is 8.29. The number of pyridine rings is 1. The summed E-state index contributed by atoms with van der Waals surface area (Å²) in [6, 6.07) is 7.55. The maximum atomic E-state index is 5.83. The number of rotatable bonds is 4. The van der Waals surface area contributed by atoms with E-state index in [2.05, 4.69) is 52.8 Å². The minimum Gasteiger partial charge on any atom is -0.486 e. The predicted octanol–water partition coefficient (Wildman–Crippen LogP) is 4.58. The van der Waals surface area contributed by atoms with E-state index in [-0.39, 0.29) is 4.99 Å². The van der Waals surface area contributed by atoms with Crippen LogP contribution in [0, 0.1) is 0 Å². The molecule has 3 nitrogen and oxygen atoms in total. The van der Waals surface area contributed by atoms with Crippen LogP contribution in [-0.2, 0) is 6.61 Å². The van der Waals surface area contributed by atoms with Crippen molar-refractivity contribution in [1.29, 1.82) is 0 Å². The first-order chi connectivity index (χ1) is 9.49. The van der Waals surface area contributed by atoms with E-state index in [4.69, 9.17) is 22.7 Å². The van der Waals surface area contributed by atoms with Gasteiger partial charge in [0.15, 0.2) is 0 Å². The van der Waals surface area contributed by atoms with Crippen molar-refractivity contribution in [3.05, 3.63) is 55.1 Å². The summed E-state index contributed by atoms with van der Waals surface area (Å²) in [5.41, 5.74) is 7.09. The zero-order valence-electron chi connectivity index (χ0n) is 10.1. The summed E-state index contributed by atoms with van der Waals surface area (Å²) in [4.78, 5) is 4.43. The lowest BCUT2D eigenvalue weighted by Crippen LogP contribution is -2.15. The standard InChI is InChI=1S/C13H9Br3N2OS/c14-8-4-9(15)12(10(16)5-8)19-6-7-2-1-3-18-11(7)13(17)20/h1-5H,6H2,(H2,17,20). The fraction of sp³-hybridized carbons (Fsp3) is 0.0769. The number of hydrogen-bond acceptors (Lipinski definition) is 3. The second-order valence-electron chi connectivity index (χ2n) is 3.86. The maximum absolute atomic E-state index is 5.83. The Morgan fingerprint density at radius 1 is 1.25 bits per heavy atom. The smallest absolute Gasteiger partial charge is 0.148 e. The van der Waals surface area contributed by atoms with Gasteiger partial charge in [0, 0.05) is 16.2 Å². The van der Waals surface area contributed by atoms with Gasteiger partial charge in [-0.3, -0.25) is 4.98 Å². The molecule has 2 N–H and O–H groups in total. The van der Waals surface area contributed by atoms with Crippen LogP contribution in [0.3, 0.4) is 0 Å². The van der Waals surface area contributed by atoms with E-state index in [1.807, 2.05) is 24.3 Å². The van der Waals surface area contributed by atoms with E-state index in [1.165, 1.54) is 0 Å². The molecule has 0 spiro atoms. The van der Waals surface area contributed by atoms with E-state index >= 15 is 0 Å². The molecule has 0 amide bonds. The number of hydrogen-bond donors (Lipinski definition) is 1. The molecule has 1 aromatic heterocycles. The molecular formula is C13H9Br3N2OS. The molecule has 7 heteroatoms. The van der Waals surface area contributed by atoms with Gasteiger partial charge in [-0.1, -0.05) is 34.2 Å². The van der Waals surface area contributed by atoms with Crippen LogP contribution in [0.2, 0.25) is 0 Å². The van der Waals surface area contributed by atoms with E-state index in [0.29, 0.717) is 18.1 Å². The average molecular weight is 481 g/mol. The van der Waals surface area contributed by atoms with E-state index in [1.54, 1.807) is 6.20 Å². The van der Waals surface area contributed by atoms with Crippen LogP contribution in [0.1, 0.15) is 11.3 Å². The Morgan fingerprint density at radius 2 is 1.90 bits per heavy atom. The van der Waals surface area contributed by atoms with Crippen LogP contribution in [0.25, 0.3) is 0 Å². The Balaban J connectivity index is 2.24. The van der Waals surface area contributed by atoms with Crippen LogP contribution in [-0.4, -0.2) is 9.97 Å². The number of halogens is 3. The molecule has 1 aromatic carbocycles. The monoisotopic (exact) mass is 478 g/mol. The fourth-order valence-electron chi connectivity index (χ4n) is 1.59. The van der Waals surface area contributed by atoms with Gasteiger partial charge in [0.25, 0.3) is 0 Å². The lowest BCUT2D eigenvalue weighted by atomic mass is 10.2. The Kier molecular flexibility index (Phi) is 5.54. The zero-order valence-corrected chi connectivity index (χ0v) is 15.6. The fourth-order valence-corrected chi connectivity index (χ4v) is 4.27. The van der Waals surface area contributed by atoms with Crippen molar-refractivity contribution in [3.8, 4) is 5.75 Å². The molecule has 0 saturated carbocycles. The molecular weight excluding hydrogens is 472 g/mol. The van der Waals surface area contributed by atoms with E-state index in [0.717, 1.165) is 19.0 Å². The number of nitrogens with zero attached hydrogens (tertiary/aromatic N) is 1. The van der Waals surface area contributed by atoms with Crippen molar-refractivity contribution in [1.82, 2.24) is 4.98 Å². The Hall–Kier alpha value is -0.500. The molecule has 0 aliphatic rings. The number of ether oxygens (including phenoxy) is 1. The first-order valence-electron chi connectivity index (χ1n) is 5.50. The number of benzene rings is 1. The molecule has 1 heterocycles. The van der Waals surface area contributed by atoms with Gasteiger partial charge in [-0.2, -0.15) is 0 Å². The molecule has 104 valence electrons. The molecule has 0 saturated heterocycles. The van der Waals surface area contributed by atoms with Crippen LogP contribution in [0.5, 0.6) is 5.75 Å². The summed E-state index contributed by atoms with van der Waals surface area (Å²) in [7, 11) is 0. The third kappa shape index (κ3) is 3.78. The van der Waals surface area contributed by atoms with Gasteiger partial charge in [0.2, 0.25) is 0 Å². The SMILES string of the molecule is NC(=S)c1ncccc1COc1c(Br)cc(Br)cc1Br. The molecule has 0 aliphatic heterocycles. The largest absolute Gasteiger partial charge is 0.486 e. The van der Waals surface area contributed by atoms with Crippen molar-refractivity contribution in [2.24, 2.45) is 5.73 Å². The van der Waals surface area contributed by atoms with Gasteiger partial charge >= 0.3 is 0 Å². The summed E-state index contributed by atoms with van der Waals surface area (Å²) in [6.07, 6.45) is 1.66. The van der Waals surface area contributed by atoms with Crippen molar-refractivity contribution >= 4 is 65.0 Å². The van der Waals surface area contributed by atoms with Gasteiger partial charge in [-0.25, -0.2) is 0 Å². The van der Waals surface area contributed by atoms with Crippen LogP contribution in [0.4, 0.5) is 0 Å². The highest BCUT2D eigenvalue weighted by molar-refractivity contribution is 9.11. The summed E-state index contributed by atoms with van der Waals surface area (Å²) >= 11 is 15.3. The lowest BCUT2D eigenvalue weighted by molar-refractivity contribution is 0.301. The molecule has 0 unspecified atom stereocenters. The van der Waals surface area contributed by atoms with Crippen LogP contribution < -0.4 is 10.5 Å². The zero-order chi connectivity index (χ0) is 14.7. The number of thiocarbonyl (C=S) groups is 1. The molecule has 0 radical (unpaired) electrons. The van der Waals surface area contributed by atoms with Gasteiger partial charge in [0.05, 0.1) is 8.95 Å². The van der Waals surface area contributed by atoms with Crippen LogP contribution >= 0.6 is 60.0 Å². The van der Waals surface area contributed by atoms with Gasteiger partial charge in [-0.15, -0.1) is 0 Å². The van der Waals surface area contributed by atoms with Crippen molar-refractivity contribution in [2.45, 2.75) is 6.61 Å². The van der Waals surface area contributed by atoms with Gasteiger partial charge in [-0.05, 0) is 50.1 Å². The Bertz CT molecular complexity index is 641. The second-order valence-corrected chi connectivity index (χ2v) is 6.93. The van der Waals surface area contributed by atoms with E-state index < -0.39 is 0 Å². The predicted molar refractivity (Wildman–Crippen MR) is 94.0 cm³/mol. The van der Waals surface area contributed by atoms with E-state index in [9.17, 15) is 0 Å². The Morgan fingerprint density at radius 3 is 2.50 bits per heavy atom. The third-order valence-electron chi connectivity index (χ3n) is 2.46. The van der Waals surface area contributed by atoms with Gasteiger partial charge in [0.1, 0.15) is 23.0 Å². The summed E-state index contributed by atoms with van der Waals surface area (Å²) in [5.74, 6) is 0.714. The normalized spacial score (nSPS) is 10.3. The maximum Gasteiger partial charge on any atom is 0.148 e. The van der Waals surface area contributed by atoms with Gasteiger partial charge < -0.3 is 10.5 Å². The molecule has 2 rings (SSSR count). The highest BCUT2D eigenvalue weighted by Gasteiger charge is 2.11. The third-order valence-corrected chi connectivity index (χ3v) is 4.29. The highest BCUT2D eigenvalue weighted by Crippen LogP contribution is 2.36. The highest BCUT2D eigenvalue weighted by atomic mass is 79.9. The summed E-state index contributed by atoms with van der Waals surface area (Å²) in [6.45, 7) is 0.333. The molecule has 0 aliphatic carbocycles. The lowest BCUT2D eigenvalue weighted by Gasteiger charge is -2.12. The first kappa shape index (κ1) is 15.9.